The Morgan fingerprint density at radius 3 is 2.62 bits per heavy atom. The summed E-state index contributed by atoms with van der Waals surface area (Å²) >= 11 is 1.62. The second-order valence-electron chi connectivity index (χ2n) is 6.44. The van der Waals surface area contributed by atoms with Crippen molar-refractivity contribution in [3.8, 4) is 10.4 Å². The molecule has 3 rings (SSSR count). The van der Waals surface area contributed by atoms with Crippen LogP contribution in [-0.4, -0.2) is 29.3 Å². The van der Waals surface area contributed by atoms with E-state index in [9.17, 15) is 17.6 Å². The molecule has 154 valence electrons. The summed E-state index contributed by atoms with van der Waals surface area (Å²) in [4.78, 5) is 14.5. The lowest BCUT2D eigenvalue weighted by atomic mass is 10.1. The number of rotatable bonds is 9. The summed E-state index contributed by atoms with van der Waals surface area (Å²) in [5.74, 6) is 0.0433. The first kappa shape index (κ1) is 21.2. The van der Waals surface area contributed by atoms with Crippen LogP contribution in [0.1, 0.15) is 10.4 Å². The molecule has 2 aromatic heterocycles. The van der Waals surface area contributed by atoms with Crippen molar-refractivity contribution < 1.29 is 12.8 Å². The van der Waals surface area contributed by atoms with Crippen molar-refractivity contribution in [3.63, 3.8) is 0 Å². The molecule has 0 saturated heterocycles. The van der Waals surface area contributed by atoms with E-state index in [2.05, 4.69) is 5.10 Å². The highest BCUT2D eigenvalue weighted by Crippen LogP contribution is 2.28. The third kappa shape index (κ3) is 5.49. The van der Waals surface area contributed by atoms with E-state index in [4.69, 9.17) is 5.73 Å². The van der Waals surface area contributed by atoms with Crippen LogP contribution >= 0.6 is 11.3 Å². The van der Waals surface area contributed by atoms with Crippen LogP contribution < -0.4 is 11.4 Å². The average Bonchev–Trinajstić information content (AvgIpc) is 3.32. The minimum absolute atomic E-state index is 0.0318. The van der Waals surface area contributed by atoms with Gasteiger partial charge in [0.2, 0.25) is 0 Å². The normalized spacial score (nSPS) is 12.0. The lowest BCUT2D eigenvalue weighted by Gasteiger charge is -2.02. The summed E-state index contributed by atoms with van der Waals surface area (Å²) in [5, 5.41) is 4.01. The lowest BCUT2D eigenvalue weighted by Crippen LogP contribution is -2.27. The van der Waals surface area contributed by atoms with E-state index in [1.807, 2.05) is 36.4 Å². The quantitative estimate of drug-likeness (QED) is 0.500. The maximum absolute atomic E-state index is 12.7. The molecule has 0 atom stereocenters. The predicted octanol–water partition coefficient (Wildman–Crippen LogP) is 1.94. The zero-order valence-electron chi connectivity index (χ0n) is 15.5. The summed E-state index contributed by atoms with van der Waals surface area (Å²) < 4.78 is 37.0. The molecule has 0 bridgehead atoms. The molecule has 0 unspecified atom stereocenters. The van der Waals surface area contributed by atoms with Crippen LogP contribution in [0.5, 0.6) is 0 Å². The monoisotopic (exact) mass is 436 g/mol. The smallest absolute Gasteiger partial charge is 0.327 e. The number of benzene rings is 1. The van der Waals surface area contributed by atoms with Gasteiger partial charge >= 0.3 is 5.69 Å². The first-order valence-corrected chi connectivity index (χ1v) is 11.1. The second-order valence-corrected chi connectivity index (χ2v) is 8.59. The highest BCUT2D eigenvalue weighted by molar-refractivity contribution is 7.71. The van der Waals surface area contributed by atoms with Gasteiger partial charge < -0.3 is 5.73 Å². The molecule has 0 aliphatic carbocycles. The van der Waals surface area contributed by atoms with E-state index in [1.54, 1.807) is 11.3 Å². The van der Waals surface area contributed by atoms with E-state index in [0.29, 0.717) is 24.9 Å². The van der Waals surface area contributed by atoms with Crippen LogP contribution in [0.25, 0.3) is 10.4 Å². The van der Waals surface area contributed by atoms with Crippen molar-refractivity contribution >= 4 is 22.0 Å². The van der Waals surface area contributed by atoms with E-state index in [1.165, 1.54) is 15.6 Å². The van der Waals surface area contributed by atoms with E-state index in [0.717, 1.165) is 20.9 Å². The number of halogens is 1. The zero-order valence-corrected chi connectivity index (χ0v) is 17.2. The van der Waals surface area contributed by atoms with Crippen LogP contribution in [0.15, 0.2) is 59.4 Å². The Bertz CT molecular complexity index is 1120. The van der Waals surface area contributed by atoms with Crippen molar-refractivity contribution in [2.24, 2.45) is 5.73 Å². The summed E-state index contributed by atoms with van der Waals surface area (Å²) in [6.45, 7) is 0.536. The maximum Gasteiger partial charge on any atom is 0.346 e. The molecule has 3 aromatic rings. The molecule has 0 saturated carbocycles. The molecule has 1 aromatic carbocycles. The van der Waals surface area contributed by atoms with Crippen LogP contribution in [0, 0.1) is 0 Å². The SMILES string of the molecule is NC/C(=C\F)Cn1ncn(CCc2ccc(-c3ccc(C[SH](=O)=O)cc3)s2)c1=O. The van der Waals surface area contributed by atoms with Gasteiger partial charge in [-0.2, -0.15) is 5.10 Å². The highest BCUT2D eigenvalue weighted by Gasteiger charge is 2.09. The number of hydrogen-bond acceptors (Lipinski definition) is 6. The van der Waals surface area contributed by atoms with Crippen molar-refractivity contribution in [3.05, 3.63) is 75.6 Å². The molecule has 0 spiro atoms. The van der Waals surface area contributed by atoms with E-state index in [-0.39, 0.29) is 24.5 Å². The topological polar surface area (TPSA) is 100.0 Å². The Morgan fingerprint density at radius 2 is 1.97 bits per heavy atom. The van der Waals surface area contributed by atoms with Gasteiger partial charge in [-0.1, -0.05) is 24.3 Å². The average molecular weight is 437 g/mol. The highest BCUT2D eigenvalue weighted by atomic mass is 32.2. The summed E-state index contributed by atoms with van der Waals surface area (Å²) in [5.41, 5.74) is 7.19. The van der Waals surface area contributed by atoms with Crippen LogP contribution in [0.4, 0.5) is 4.39 Å². The fourth-order valence-electron chi connectivity index (χ4n) is 2.79. The second kappa shape index (κ2) is 9.77. The van der Waals surface area contributed by atoms with Gasteiger partial charge in [-0.05, 0) is 35.3 Å². The van der Waals surface area contributed by atoms with Gasteiger partial charge in [0.25, 0.3) is 0 Å². The van der Waals surface area contributed by atoms with Gasteiger partial charge in [-0.25, -0.2) is 22.3 Å². The Balaban J connectivity index is 1.64. The zero-order chi connectivity index (χ0) is 20.8. The van der Waals surface area contributed by atoms with Gasteiger partial charge in [0.1, 0.15) is 17.0 Å². The summed E-state index contributed by atoms with van der Waals surface area (Å²) in [7, 11) is -2.43. The number of aryl methyl sites for hydroxylation is 2. The third-order valence-electron chi connectivity index (χ3n) is 4.38. The molecule has 0 amide bonds. The van der Waals surface area contributed by atoms with E-state index < -0.39 is 10.7 Å². The number of hydrogen-bond donors (Lipinski definition) is 2. The van der Waals surface area contributed by atoms with Crippen LogP contribution in [0.2, 0.25) is 0 Å². The van der Waals surface area contributed by atoms with Crippen LogP contribution in [-0.2, 0) is 36.0 Å². The third-order valence-corrected chi connectivity index (χ3v) is 6.19. The van der Waals surface area contributed by atoms with Gasteiger partial charge in [-0.3, -0.25) is 4.57 Å². The molecule has 2 heterocycles. The first-order chi connectivity index (χ1) is 14.0. The van der Waals surface area contributed by atoms with Crippen molar-refractivity contribution in [2.45, 2.75) is 25.3 Å². The Labute approximate surface area is 172 Å². The van der Waals surface area contributed by atoms with Crippen molar-refractivity contribution in [1.29, 1.82) is 0 Å². The molecular formula is C19H21FN4O3S2. The number of thiol groups is 1. The molecule has 2 N–H and O–H groups in total. The maximum atomic E-state index is 12.7. The number of thiophene rings is 1. The number of nitrogens with two attached hydrogens (primary N) is 1. The minimum Gasteiger partial charge on any atom is -0.327 e. The van der Waals surface area contributed by atoms with Crippen molar-refractivity contribution in [2.75, 3.05) is 6.54 Å². The fourth-order valence-corrected chi connectivity index (χ4v) is 4.30. The van der Waals surface area contributed by atoms with E-state index >= 15 is 0 Å². The number of aromatic nitrogens is 3. The number of nitrogens with zero attached hydrogens (tertiary/aromatic N) is 3. The van der Waals surface area contributed by atoms with Crippen molar-refractivity contribution in [1.82, 2.24) is 14.3 Å². The first-order valence-electron chi connectivity index (χ1n) is 8.90. The standard InChI is InChI=1S/C19H21FN4O3S2/c20-9-15(10-21)11-24-19(25)23(13-22-24)8-7-17-5-6-18(28-17)16-3-1-14(2-4-16)12-29(26)27/h1-6,9,13,29H,7-8,10-12,21H2/b15-9+. The summed E-state index contributed by atoms with van der Waals surface area (Å²) in [6.07, 6.45) is 2.52. The molecule has 0 aliphatic heterocycles. The van der Waals surface area contributed by atoms with Gasteiger partial charge in [0.15, 0.2) is 0 Å². The molecule has 0 radical (unpaired) electrons. The molecule has 7 nitrogen and oxygen atoms in total. The molecule has 10 heteroatoms. The molecule has 29 heavy (non-hydrogen) atoms. The lowest BCUT2D eigenvalue weighted by molar-refractivity contribution is 0.594. The fraction of sp³-hybridized carbons (Fsp3) is 0.263. The Kier molecular flexibility index (Phi) is 7.13. The van der Waals surface area contributed by atoms with Gasteiger partial charge in [0.05, 0.1) is 18.6 Å². The predicted molar refractivity (Wildman–Crippen MR) is 112 cm³/mol. The van der Waals surface area contributed by atoms with Gasteiger partial charge in [0, 0.05) is 22.8 Å². The van der Waals surface area contributed by atoms with Gasteiger partial charge in [-0.15, -0.1) is 11.3 Å². The molecule has 0 fully saturated rings. The molecular weight excluding hydrogens is 415 g/mol. The summed E-state index contributed by atoms with van der Waals surface area (Å²) in [6, 6.07) is 11.5. The largest absolute Gasteiger partial charge is 0.346 e. The molecule has 0 aliphatic rings. The minimum atomic E-state index is -2.43. The Morgan fingerprint density at radius 1 is 1.21 bits per heavy atom. The Hall–Kier alpha value is -2.56. The van der Waals surface area contributed by atoms with Crippen LogP contribution in [0.3, 0.4) is 0 Å².